The smallest absolute Gasteiger partial charge is 0.335 e. The molecule has 0 aliphatic heterocycles. The highest BCUT2D eigenvalue weighted by Gasteiger charge is 2.07. The zero-order chi connectivity index (χ0) is 10.6. The molecule has 0 aromatic heterocycles. The van der Waals surface area contributed by atoms with Crippen LogP contribution in [0.25, 0.3) is 0 Å². The molecule has 5 heteroatoms. The molecule has 0 aliphatic carbocycles. The summed E-state index contributed by atoms with van der Waals surface area (Å²) in [6.45, 7) is -0.470. The lowest BCUT2D eigenvalue weighted by Gasteiger charge is -2.09. The van der Waals surface area contributed by atoms with E-state index in [1.165, 1.54) is 12.1 Å². The minimum Gasteiger partial charge on any atom is -0.478 e. The fraction of sp³-hybridized carbons (Fsp3) is 0.300. The van der Waals surface area contributed by atoms with Gasteiger partial charge in [-0.25, -0.2) is 4.79 Å². The molecule has 1 aromatic rings. The molecule has 3 N–H and O–H groups in total. The van der Waals surface area contributed by atoms with Crippen LogP contribution in [0.15, 0.2) is 24.3 Å². The van der Waals surface area contributed by atoms with Crippen LogP contribution in [-0.2, 0) is 0 Å². The third kappa shape index (κ3) is 3.85. The van der Waals surface area contributed by atoms with E-state index in [0.29, 0.717) is 0 Å². The Kier molecular flexibility index (Phi) is 5.89. The van der Waals surface area contributed by atoms with Gasteiger partial charge in [-0.05, 0) is 24.1 Å². The molecule has 0 saturated heterocycles. The van der Waals surface area contributed by atoms with Crippen molar-refractivity contribution in [2.24, 2.45) is 5.73 Å². The number of alkyl halides is 1. The van der Waals surface area contributed by atoms with Gasteiger partial charge in [-0.3, -0.25) is 4.39 Å². The van der Waals surface area contributed by atoms with Crippen LogP contribution in [0.1, 0.15) is 28.4 Å². The zero-order valence-electron chi connectivity index (χ0n) is 8.02. The number of nitrogens with two attached hydrogens (primary N) is 1. The van der Waals surface area contributed by atoms with Crippen molar-refractivity contribution in [3.05, 3.63) is 35.4 Å². The number of benzene rings is 1. The average Bonchev–Trinajstić information content (AvgIpc) is 2.18. The number of aromatic carboxylic acids is 1. The molecule has 0 bridgehead atoms. The molecule has 0 fully saturated rings. The monoisotopic (exact) mass is 233 g/mol. The Balaban J connectivity index is 0.00000196. The number of rotatable bonds is 4. The van der Waals surface area contributed by atoms with Gasteiger partial charge in [-0.15, -0.1) is 12.4 Å². The first-order valence-corrected chi connectivity index (χ1v) is 4.30. The highest BCUT2D eigenvalue weighted by molar-refractivity contribution is 5.87. The van der Waals surface area contributed by atoms with Gasteiger partial charge >= 0.3 is 5.97 Å². The molecule has 0 unspecified atom stereocenters. The topological polar surface area (TPSA) is 63.3 Å². The molecule has 84 valence electrons. The summed E-state index contributed by atoms with van der Waals surface area (Å²) in [6.07, 6.45) is 0.256. The van der Waals surface area contributed by atoms with Gasteiger partial charge in [0.1, 0.15) is 0 Å². The van der Waals surface area contributed by atoms with Crippen molar-refractivity contribution >= 4 is 18.4 Å². The van der Waals surface area contributed by atoms with Crippen LogP contribution >= 0.6 is 12.4 Å². The van der Waals surface area contributed by atoms with Gasteiger partial charge in [0.25, 0.3) is 0 Å². The molecular formula is C10H13ClFNO2. The van der Waals surface area contributed by atoms with Gasteiger partial charge in [0.2, 0.25) is 0 Å². The summed E-state index contributed by atoms with van der Waals surface area (Å²) >= 11 is 0. The van der Waals surface area contributed by atoms with Crippen LogP contribution < -0.4 is 5.73 Å². The summed E-state index contributed by atoms with van der Waals surface area (Å²) in [7, 11) is 0. The Morgan fingerprint density at radius 2 is 1.93 bits per heavy atom. The Hall–Kier alpha value is -1.13. The molecule has 0 heterocycles. The van der Waals surface area contributed by atoms with Crippen LogP contribution in [0.5, 0.6) is 0 Å². The molecule has 0 radical (unpaired) electrons. The molecule has 0 saturated carbocycles. The Morgan fingerprint density at radius 1 is 1.40 bits per heavy atom. The first-order valence-electron chi connectivity index (χ1n) is 4.30. The van der Waals surface area contributed by atoms with Crippen LogP contribution in [0.3, 0.4) is 0 Å². The number of carboxylic acids is 1. The molecule has 0 amide bonds. The normalized spacial score (nSPS) is 11.6. The van der Waals surface area contributed by atoms with E-state index < -0.39 is 12.6 Å². The Labute approximate surface area is 93.5 Å². The van der Waals surface area contributed by atoms with Gasteiger partial charge in [0.05, 0.1) is 12.2 Å². The second-order valence-electron chi connectivity index (χ2n) is 3.01. The van der Waals surface area contributed by atoms with Crippen molar-refractivity contribution in [2.75, 3.05) is 6.67 Å². The van der Waals surface area contributed by atoms with E-state index in [2.05, 4.69) is 0 Å². The molecule has 1 rings (SSSR count). The molecule has 0 aliphatic rings. The third-order valence-electron chi connectivity index (χ3n) is 2.01. The fourth-order valence-electron chi connectivity index (χ4n) is 1.16. The average molecular weight is 234 g/mol. The lowest BCUT2D eigenvalue weighted by molar-refractivity contribution is 0.0697. The van der Waals surface area contributed by atoms with E-state index in [1.54, 1.807) is 12.1 Å². The van der Waals surface area contributed by atoms with Gasteiger partial charge < -0.3 is 10.8 Å². The predicted molar refractivity (Wildman–Crippen MR) is 58.2 cm³/mol. The highest BCUT2D eigenvalue weighted by atomic mass is 35.5. The van der Waals surface area contributed by atoms with E-state index in [-0.39, 0.29) is 30.4 Å². The summed E-state index contributed by atoms with van der Waals surface area (Å²) in [5, 5.41) is 8.63. The quantitative estimate of drug-likeness (QED) is 0.838. The maximum atomic E-state index is 12.0. The van der Waals surface area contributed by atoms with Gasteiger partial charge in [-0.2, -0.15) is 0 Å². The van der Waals surface area contributed by atoms with E-state index in [4.69, 9.17) is 10.8 Å². The first-order chi connectivity index (χ1) is 6.65. The summed E-state index contributed by atoms with van der Waals surface area (Å²) < 4.78 is 12.0. The maximum Gasteiger partial charge on any atom is 0.335 e. The molecule has 1 atom stereocenters. The summed E-state index contributed by atoms with van der Waals surface area (Å²) in [6, 6.07) is 5.81. The van der Waals surface area contributed by atoms with Crippen molar-refractivity contribution in [3.63, 3.8) is 0 Å². The van der Waals surface area contributed by atoms with Crippen LogP contribution in [0.4, 0.5) is 4.39 Å². The SMILES string of the molecule is Cl.N[C@@H](CCF)c1ccc(C(=O)O)cc1. The Bertz CT molecular complexity index is 316. The van der Waals surface area contributed by atoms with Gasteiger partial charge in [0, 0.05) is 6.04 Å². The first kappa shape index (κ1) is 13.9. The van der Waals surface area contributed by atoms with E-state index in [9.17, 15) is 9.18 Å². The lowest BCUT2D eigenvalue weighted by Crippen LogP contribution is -2.11. The van der Waals surface area contributed by atoms with Crippen LogP contribution in [0.2, 0.25) is 0 Å². The highest BCUT2D eigenvalue weighted by Crippen LogP contribution is 2.14. The largest absolute Gasteiger partial charge is 0.478 e. The second kappa shape index (κ2) is 6.37. The van der Waals surface area contributed by atoms with Crippen molar-refractivity contribution in [2.45, 2.75) is 12.5 Å². The number of halogens is 2. The number of carbonyl (C=O) groups is 1. The molecule has 15 heavy (non-hydrogen) atoms. The summed E-state index contributed by atoms with van der Waals surface area (Å²) in [5.74, 6) is -0.976. The number of carboxylic acid groups (broad SMARTS) is 1. The minimum absolute atomic E-state index is 0. The lowest BCUT2D eigenvalue weighted by atomic mass is 10.0. The number of hydrogen-bond acceptors (Lipinski definition) is 2. The van der Waals surface area contributed by atoms with Crippen LogP contribution in [0, 0.1) is 0 Å². The van der Waals surface area contributed by atoms with E-state index in [0.717, 1.165) is 5.56 Å². The van der Waals surface area contributed by atoms with Crippen molar-refractivity contribution in [3.8, 4) is 0 Å². The molecule has 1 aromatic carbocycles. The standard InChI is InChI=1S/C10H12FNO2.ClH/c11-6-5-9(12)7-1-3-8(4-2-7)10(13)14;/h1-4,9H,5-6,12H2,(H,13,14);1H/t9-;/m0./s1. The molecule has 0 spiro atoms. The zero-order valence-corrected chi connectivity index (χ0v) is 8.84. The van der Waals surface area contributed by atoms with Crippen molar-refractivity contribution < 1.29 is 14.3 Å². The van der Waals surface area contributed by atoms with E-state index >= 15 is 0 Å². The van der Waals surface area contributed by atoms with Crippen molar-refractivity contribution in [1.29, 1.82) is 0 Å². The van der Waals surface area contributed by atoms with Crippen molar-refractivity contribution in [1.82, 2.24) is 0 Å². The van der Waals surface area contributed by atoms with Gasteiger partial charge in [0.15, 0.2) is 0 Å². The predicted octanol–water partition coefficient (Wildman–Crippen LogP) is 2.17. The minimum atomic E-state index is -0.976. The van der Waals surface area contributed by atoms with Gasteiger partial charge in [-0.1, -0.05) is 12.1 Å². The molecule has 3 nitrogen and oxygen atoms in total. The summed E-state index contributed by atoms with van der Waals surface area (Å²) in [4.78, 5) is 10.5. The number of hydrogen-bond donors (Lipinski definition) is 2. The molecular weight excluding hydrogens is 221 g/mol. The van der Waals surface area contributed by atoms with E-state index in [1.807, 2.05) is 0 Å². The third-order valence-corrected chi connectivity index (χ3v) is 2.01. The van der Waals surface area contributed by atoms with Crippen LogP contribution in [-0.4, -0.2) is 17.8 Å². The summed E-state index contributed by atoms with van der Waals surface area (Å²) in [5.41, 5.74) is 6.61. The Morgan fingerprint density at radius 3 is 2.33 bits per heavy atom. The fourth-order valence-corrected chi connectivity index (χ4v) is 1.16. The maximum absolute atomic E-state index is 12.0. The second-order valence-corrected chi connectivity index (χ2v) is 3.01.